The molecular formula is C14H21ClN2O. The standard InChI is InChI=1S/C14H20N2O.ClH/c1-2-4-13(15)14(17)16-12-8-7-10-5-3-6-11(10)9-12;/h7-9,13H,2-6,15H2,1H3,(H,16,17);1H. The lowest BCUT2D eigenvalue weighted by Crippen LogP contribution is -2.35. The molecular weight excluding hydrogens is 248 g/mol. The lowest BCUT2D eigenvalue weighted by Gasteiger charge is -2.12. The van der Waals surface area contributed by atoms with Crippen LogP contribution in [0.2, 0.25) is 0 Å². The molecule has 2 rings (SSSR count). The molecule has 0 fully saturated rings. The van der Waals surface area contributed by atoms with Crippen molar-refractivity contribution in [1.29, 1.82) is 0 Å². The van der Waals surface area contributed by atoms with Crippen molar-refractivity contribution in [3.05, 3.63) is 29.3 Å². The zero-order chi connectivity index (χ0) is 12.3. The van der Waals surface area contributed by atoms with E-state index in [1.807, 2.05) is 13.0 Å². The average Bonchev–Trinajstić information content (AvgIpc) is 2.76. The van der Waals surface area contributed by atoms with Gasteiger partial charge in [0.2, 0.25) is 5.91 Å². The number of carbonyl (C=O) groups is 1. The van der Waals surface area contributed by atoms with E-state index in [0.29, 0.717) is 0 Å². The van der Waals surface area contributed by atoms with Crippen LogP contribution in [-0.2, 0) is 17.6 Å². The normalized spacial score (nSPS) is 14.6. The predicted molar refractivity (Wildman–Crippen MR) is 77.2 cm³/mol. The average molecular weight is 269 g/mol. The molecule has 0 aliphatic heterocycles. The maximum absolute atomic E-state index is 11.8. The highest BCUT2D eigenvalue weighted by atomic mass is 35.5. The molecule has 3 nitrogen and oxygen atoms in total. The minimum Gasteiger partial charge on any atom is -0.325 e. The van der Waals surface area contributed by atoms with Gasteiger partial charge in [0.15, 0.2) is 0 Å². The number of carbonyl (C=O) groups excluding carboxylic acids is 1. The van der Waals surface area contributed by atoms with Crippen molar-refractivity contribution >= 4 is 24.0 Å². The van der Waals surface area contributed by atoms with Crippen LogP contribution in [0.15, 0.2) is 18.2 Å². The predicted octanol–water partition coefficient (Wildman–Crippen LogP) is 2.66. The molecule has 0 spiro atoms. The Morgan fingerprint density at radius 1 is 1.39 bits per heavy atom. The SMILES string of the molecule is CCCC(N)C(=O)Nc1ccc2c(c1)CCC2.Cl. The summed E-state index contributed by atoms with van der Waals surface area (Å²) in [5, 5.41) is 2.89. The Balaban J connectivity index is 0.00000162. The molecule has 0 aromatic heterocycles. The highest BCUT2D eigenvalue weighted by Crippen LogP contribution is 2.24. The first-order chi connectivity index (χ1) is 8.20. The minimum absolute atomic E-state index is 0. The maximum atomic E-state index is 11.8. The van der Waals surface area contributed by atoms with Crippen LogP contribution in [0.1, 0.15) is 37.3 Å². The van der Waals surface area contributed by atoms with Crippen LogP contribution in [0.4, 0.5) is 5.69 Å². The number of nitrogens with one attached hydrogen (secondary N) is 1. The number of nitrogens with two attached hydrogens (primary N) is 1. The third kappa shape index (κ3) is 3.47. The van der Waals surface area contributed by atoms with Gasteiger partial charge in [-0.1, -0.05) is 19.4 Å². The van der Waals surface area contributed by atoms with Crippen LogP contribution in [0.25, 0.3) is 0 Å². The molecule has 0 saturated heterocycles. The second kappa shape index (κ2) is 6.76. The van der Waals surface area contributed by atoms with Crippen molar-refractivity contribution in [2.75, 3.05) is 5.32 Å². The van der Waals surface area contributed by atoms with Crippen LogP contribution in [-0.4, -0.2) is 11.9 Å². The first-order valence-corrected chi connectivity index (χ1v) is 6.39. The molecule has 4 heteroatoms. The van der Waals surface area contributed by atoms with Crippen LogP contribution in [0, 0.1) is 0 Å². The molecule has 1 unspecified atom stereocenters. The molecule has 1 aromatic carbocycles. The zero-order valence-electron chi connectivity index (χ0n) is 10.7. The van der Waals surface area contributed by atoms with Crippen molar-refractivity contribution < 1.29 is 4.79 Å². The largest absolute Gasteiger partial charge is 0.325 e. The minimum atomic E-state index is -0.395. The van der Waals surface area contributed by atoms with E-state index < -0.39 is 6.04 Å². The third-order valence-electron chi connectivity index (χ3n) is 3.30. The van der Waals surface area contributed by atoms with E-state index >= 15 is 0 Å². The van der Waals surface area contributed by atoms with Crippen molar-refractivity contribution in [3.8, 4) is 0 Å². The Bertz CT molecular complexity index is 420. The van der Waals surface area contributed by atoms with Gasteiger partial charge in [-0.2, -0.15) is 0 Å². The molecule has 1 aliphatic rings. The second-order valence-corrected chi connectivity index (χ2v) is 4.72. The van der Waals surface area contributed by atoms with E-state index in [1.54, 1.807) is 0 Å². The first-order valence-electron chi connectivity index (χ1n) is 6.39. The number of anilines is 1. The van der Waals surface area contributed by atoms with E-state index in [1.165, 1.54) is 24.0 Å². The summed E-state index contributed by atoms with van der Waals surface area (Å²) in [5.74, 6) is -0.0789. The quantitative estimate of drug-likeness (QED) is 0.882. The summed E-state index contributed by atoms with van der Waals surface area (Å²) in [7, 11) is 0. The number of fused-ring (bicyclic) bond motifs is 1. The van der Waals surface area contributed by atoms with Crippen LogP contribution in [0.5, 0.6) is 0 Å². The van der Waals surface area contributed by atoms with Gasteiger partial charge in [0.25, 0.3) is 0 Å². The molecule has 0 saturated carbocycles. The number of rotatable bonds is 4. The van der Waals surface area contributed by atoms with E-state index in [4.69, 9.17) is 5.73 Å². The van der Waals surface area contributed by atoms with Gasteiger partial charge in [-0.3, -0.25) is 4.79 Å². The molecule has 3 N–H and O–H groups in total. The molecule has 1 aliphatic carbocycles. The number of amides is 1. The Kier molecular flexibility index (Phi) is 5.63. The molecule has 1 atom stereocenters. The van der Waals surface area contributed by atoms with Crippen molar-refractivity contribution in [1.82, 2.24) is 0 Å². The number of hydrogen-bond donors (Lipinski definition) is 2. The molecule has 18 heavy (non-hydrogen) atoms. The Labute approximate surface area is 115 Å². The molecule has 1 aromatic rings. The highest BCUT2D eigenvalue weighted by molar-refractivity contribution is 5.94. The molecule has 0 bridgehead atoms. The summed E-state index contributed by atoms with van der Waals surface area (Å²) in [6.07, 6.45) is 5.18. The molecule has 0 radical (unpaired) electrons. The fourth-order valence-electron chi connectivity index (χ4n) is 2.33. The Morgan fingerprint density at radius 2 is 2.11 bits per heavy atom. The van der Waals surface area contributed by atoms with Gasteiger partial charge < -0.3 is 11.1 Å². The Hall–Kier alpha value is -1.06. The van der Waals surface area contributed by atoms with Gasteiger partial charge in [-0.05, 0) is 48.9 Å². The van der Waals surface area contributed by atoms with Crippen molar-refractivity contribution in [2.24, 2.45) is 5.73 Å². The number of hydrogen-bond acceptors (Lipinski definition) is 2. The second-order valence-electron chi connectivity index (χ2n) is 4.72. The van der Waals surface area contributed by atoms with Crippen LogP contribution >= 0.6 is 12.4 Å². The van der Waals surface area contributed by atoms with Gasteiger partial charge in [0.05, 0.1) is 6.04 Å². The number of aryl methyl sites for hydroxylation is 2. The van der Waals surface area contributed by atoms with Crippen molar-refractivity contribution in [3.63, 3.8) is 0 Å². The van der Waals surface area contributed by atoms with E-state index in [-0.39, 0.29) is 18.3 Å². The third-order valence-corrected chi connectivity index (χ3v) is 3.30. The summed E-state index contributed by atoms with van der Waals surface area (Å²) in [4.78, 5) is 11.8. The zero-order valence-corrected chi connectivity index (χ0v) is 11.6. The number of halogens is 1. The lowest BCUT2D eigenvalue weighted by molar-refractivity contribution is -0.117. The smallest absolute Gasteiger partial charge is 0.241 e. The van der Waals surface area contributed by atoms with Gasteiger partial charge in [0.1, 0.15) is 0 Å². The summed E-state index contributed by atoms with van der Waals surface area (Å²) in [6.45, 7) is 2.03. The van der Waals surface area contributed by atoms with Crippen LogP contribution < -0.4 is 11.1 Å². The van der Waals surface area contributed by atoms with Gasteiger partial charge in [-0.25, -0.2) is 0 Å². The van der Waals surface area contributed by atoms with E-state index in [9.17, 15) is 4.79 Å². The van der Waals surface area contributed by atoms with E-state index in [0.717, 1.165) is 24.9 Å². The fourth-order valence-corrected chi connectivity index (χ4v) is 2.33. The van der Waals surface area contributed by atoms with Gasteiger partial charge >= 0.3 is 0 Å². The van der Waals surface area contributed by atoms with Crippen molar-refractivity contribution in [2.45, 2.75) is 45.1 Å². The fraction of sp³-hybridized carbons (Fsp3) is 0.500. The highest BCUT2D eigenvalue weighted by Gasteiger charge is 2.14. The van der Waals surface area contributed by atoms with Crippen LogP contribution in [0.3, 0.4) is 0 Å². The topological polar surface area (TPSA) is 55.1 Å². The maximum Gasteiger partial charge on any atom is 0.241 e. The van der Waals surface area contributed by atoms with Gasteiger partial charge in [0, 0.05) is 5.69 Å². The molecule has 100 valence electrons. The summed E-state index contributed by atoms with van der Waals surface area (Å²) in [5.41, 5.74) is 9.44. The Morgan fingerprint density at radius 3 is 2.83 bits per heavy atom. The first kappa shape index (κ1) is 15.0. The number of benzene rings is 1. The lowest BCUT2D eigenvalue weighted by atomic mass is 10.1. The molecule has 1 amide bonds. The summed E-state index contributed by atoms with van der Waals surface area (Å²) in [6, 6.07) is 5.77. The molecule has 0 heterocycles. The monoisotopic (exact) mass is 268 g/mol. The van der Waals surface area contributed by atoms with E-state index in [2.05, 4.69) is 17.4 Å². The summed E-state index contributed by atoms with van der Waals surface area (Å²) < 4.78 is 0. The van der Waals surface area contributed by atoms with Gasteiger partial charge in [-0.15, -0.1) is 12.4 Å². The summed E-state index contributed by atoms with van der Waals surface area (Å²) >= 11 is 0.